The second kappa shape index (κ2) is 12.8. The number of carbonyl (C=O) groups excluding carboxylic acids is 1. The van der Waals surface area contributed by atoms with E-state index < -0.39 is 22.5 Å². The van der Waals surface area contributed by atoms with Gasteiger partial charge in [0.15, 0.2) is 11.5 Å². The average molecular weight is 542 g/mol. The van der Waals surface area contributed by atoms with Crippen molar-refractivity contribution in [3.8, 4) is 23.0 Å². The lowest BCUT2D eigenvalue weighted by Crippen LogP contribution is -2.39. The second-order valence-corrected chi connectivity index (χ2v) is 9.87. The number of sulfonamides is 1. The molecule has 0 atom stereocenters. The van der Waals surface area contributed by atoms with E-state index in [1.807, 2.05) is 13.8 Å². The zero-order valence-electron chi connectivity index (χ0n) is 21.9. The molecule has 1 N–H and O–H groups in total. The highest BCUT2D eigenvalue weighted by atomic mass is 32.2. The molecule has 0 bridgehead atoms. The normalized spacial score (nSPS) is 11.2. The Morgan fingerprint density at radius 1 is 0.947 bits per heavy atom. The summed E-state index contributed by atoms with van der Waals surface area (Å²) in [6.45, 7) is 3.68. The number of amides is 1. The molecule has 0 spiro atoms. The lowest BCUT2D eigenvalue weighted by Gasteiger charge is -2.24. The number of nitrogens with one attached hydrogen (secondary N) is 1. The third-order valence-electron chi connectivity index (χ3n) is 5.42. The molecule has 0 unspecified atom stereocenters. The van der Waals surface area contributed by atoms with Crippen molar-refractivity contribution in [1.29, 1.82) is 0 Å². The van der Waals surface area contributed by atoms with Gasteiger partial charge in [0.1, 0.15) is 12.3 Å². The highest BCUT2D eigenvalue weighted by Gasteiger charge is 2.27. The maximum Gasteiger partial charge on any atom is 0.264 e. The van der Waals surface area contributed by atoms with Gasteiger partial charge in [-0.05, 0) is 62.4 Å². The van der Waals surface area contributed by atoms with E-state index in [0.29, 0.717) is 40.9 Å². The van der Waals surface area contributed by atoms with Crippen LogP contribution < -0.4 is 28.7 Å². The fraction of sp³-hybridized carbons (Fsp3) is 0.259. The Kier molecular flexibility index (Phi) is 9.55. The second-order valence-electron chi connectivity index (χ2n) is 8.00. The lowest BCUT2D eigenvalue weighted by atomic mass is 10.2. The van der Waals surface area contributed by atoms with Crippen molar-refractivity contribution in [2.24, 2.45) is 5.10 Å². The van der Waals surface area contributed by atoms with Crippen LogP contribution in [-0.2, 0) is 14.8 Å². The van der Waals surface area contributed by atoms with E-state index in [1.165, 1.54) is 39.7 Å². The predicted octanol–water partition coefficient (Wildman–Crippen LogP) is 3.77. The summed E-state index contributed by atoms with van der Waals surface area (Å²) in [7, 11) is 0.414. The first-order valence-corrected chi connectivity index (χ1v) is 13.1. The number of aryl methyl sites for hydroxylation is 1. The van der Waals surface area contributed by atoms with Gasteiger partial charge in [0.2, 0.25) is 5.75 Å². The van der Waals surface area contributed by atoms with Crippen molar-refractivity contribution < 1.29 is 32.2 Å². The minimum Gasteiger partial charge on any atom is -0.494 e. The standard InChI is InChI=1S/C27H31N3O7S/c1-6-37-22-11-9-21(10-12-22)30(38(32,33)23-13-7-19(2)8-14-23)18-26(31)29-28-17-20-15-24(34-3)27(36-5)25(16-20)35-4/h7-17H,6,18H2,1-5H3,(H,29,31)/b28-17-. The van der Waals surface area contributed by atoms with Crippen LogP contribution in [0.2, 0.25) is 0 Å². The minimum absolute atomic E-state index is 0.0608. The van der Waals surface area contributed by atoms with E-state index in [0.717, 1.165) is 9.87 Å². The SMILES string of the molecule is CCOc1ccc(N(CC(=O)N/N=C\c2cc(OC)c(OC)c(OC)c2)S(=O)(=O)c2ccc(C)cc2)cc1. The van der Waals surface area contributed by atoms with Crippen molar-refractivity contribution >= 4 is 27.8 Å². The Labute approximate surface area is 222 Å². The molecule has 3 aromatic rings. The molecule has 10 nitrogen and oxygen atoms in total. The van der Waals surface area contributed by atoms with Crippen LogP contribution in [0.25, 0.3) is 0 Å². The maximum absolute atomic E-state index is 13.5. The monoisotopic (exact) mass is 541 g/mol. The molecule has 0 aliphatic carbocycles. The highest BCUT2D eigenvalue weighted by Crippen LogP contribution is 2.37. The van der Waals surface area contributed by atoms with E-state index >= 15 is 0 Å². The van der Waals surface area contributed by atoms with Crippen molar-refractivity contribution in [1.82, 2.24) is 5.43 Å². The summed E-state index contributed by atoms with van der Waals surface area (Å²) < 4.78 is 49.5. The molecule has 0 aliphatic rings. The zero-order valence-corrected chi connectivity index (χ0v) is 22.7. The third-order valence-corrected chi connectivity index (χ3v) is 7.21. The molecule has 11 heteroatoms. The summed E-state index contributed by atoms with van der Waals surface area (Å²) in [5.41, 5.74) is 4.17. The number of nitrogens with zero attached hydrogens (tertiary/aromatic N) is 2. The molecule has 3 aromatic carbocycles. The summed E-state index contributed by atoms with van der Waals surface area (Å²) in [4.78, 5) is 12.9. The van der Waals surface area contributed by atoms with E-state index in [9.17, 15) is 13.2 Å². The van der Waals surface area contributed by atoms with Crippen LogP contribution >= 0.6 is 0 Å². The van der Waals surface area contributed by atoms with Gasteiger partial charge in [0.25, 0.3) is 15.9 Å². The molecule has 0 aliphatic heterocycles. The molecule has 1 amide bonds. The van der Waals surface area contributed by atoms with Crippen molar-refractivity contribution in [2.75, 3.05) is 38.8 Å². The molecule has 0 aromatic heterocycles. The fourth-order valence-electron chi connectivity index (χ4n) is 3.55. The van der Waals surface area contributed by atoms with Crippen LogP contribution in [0.5, 0.6) is 23.0 Å². The first kappa shape index (κ1) is 28.3. The molecular formula is C27H31N3O7S. The first-order chi connectivity index (χ1) is 18.2. The van der Waals surface area contributed by atoms with E-state index in [1.54, 1.807) is 48.5 Å². The molecule has 202 valence electrons. The summed E-state index contributed by atoms with van der Waals surface area (Å²) in [6, 6.07) is 16.2. The Balaban J connectivity index is 1.85. The highest BCUT2D eigenvalue weighted by molar-refractivity contribution is 7.92. The first-order valence-electron chi connectivity index (χ1n) is 11.7. The number of rotatable bonds is 12. The number of carbonyl (C=O) groups is 1. The Hall–Kier alpha value is -4.25. The average Bonchev–Trinajstić information content (AvgIpc) is 2.92. The zero-order chi connectivity index (χ0) is 27.7. The Morgan fingerprint density at radius 2 is 1.55 bits per heavy atom. The van der Waals surface area contributed by atoms with Crippen LogP contribution in [-0.4, -0.2) is 55.0 Å². The van der Waals surface area contributed by atoms with E-state index in [2.05, 4.69) is 10.5 Å². The molecule has 38 heavy (non-hydrogen) atoms. The number of ether oxygens (including phenoxy) is 4. The number of methoxy groups -OCH3 is 3. The topological polar surface area (TPSA) is 116 Å². The number of anilines is 1. The maximum atomic E-state index is 13.5. The van der Waals surface area contributed by atoms with Crippen LogP contribution in [0.1, 0.15) is 18.1 Å². The van der Waals surface area contributed by atoms with Gasteiger partial charge in [-0.15, -0.1) is 0 Å². The van der Waals surface area contributed by atoms with Gasteiger partial charge in [0.05, 0.1) is 44.7 Å². The van der Waals surface area contributed by atoms with Crippen LogP contribution in [0.15, 0.2) is 70.7 Å². The van der Waals surface area contributed by atoms with Gasteiger partial charge in [-0.25, -0.2) is 13.8 Å². The van der Waals surface area contributed by atoms with Gasteiger partial charge < -0.3 is 18.9 Å². The molecular weight excluding hydrogens is 510 g/mol. The molecule has 0 radical (unpaired) electrons. The summed E-state index contributed by atoms with van der Waals surface area (Å²) in [6.07, 6.45) is 1.39. The van der Waals surface area contributed by atoms with Crippen LogP contribution in [0.4, 0.5) is 5.69 Å². The van der Waals surface area contributed by atoms with Gasteiger partial charge >= 0.3 is 0 Å². The third kappa shape index (κ3) is 6.74. The van der Waals surface area contributed by atoms with Crippen LogP contribution in [0, 0.1) is 6.92 Å². The number of hydrazone groups is 1. The molecule has 0 fully saturated rings. The van der Waals surface area contributed by atoms with Gasteiger partial charge in [0, 0.05) is 5.56 Å². The lowest BCUT2D eigenvalue weighted by molar-refractivity contribution is -0.119. The Bertz CT molecular complexity index is 1350. The molecule has 0 saturated carbocycles. The van der Waals surface area contributed by atoms with Crippen molar-refractivity contribution in [3.63, 3.8) is 0 Å². The quantitative estimate of drug-likeness (QED) is 0.274. The largest absolute Gasteiger partial charge is 0.494 e. The van der Waals surface area contributed by atoms with Gasteiger partial charge in [-0.1, -0.05) is 17.7 Å². The number of benzene rings is 3. The Morgan fingerprint density at radius 3 is 2.08 bits per heavy atom. The molecule has 0 saturated heterocycles. The summed E-state index contributed by atoms with van der Waals surface area (Å²) in [5.74, 6) is 1.21. The number of hydrogen-bond acceptors (Lipinski definition) is 8. The summed E-state index contributed by atoms with van der Waals surface area (Å²) >= 11 is 0. The predicted molar refractivity (Wildman–Crippen MR) is 145 cm³/mol. The molecule has 0 heterocycles. The van der Waals surface area contributed by atoms with Crippen molar-refractivity contribution in [3.05, 3.63) is 71.8 Å². The fourth-order valence-corrected chi connectivity index (χ4v) is 4.97. The minimum atomic E-state index is -4.06. The van der Waals surface area contributed by atoms with Gasteiger partial charge in [-0.3, -0.25) is 9.10 Å². The summed E-state index contributed by atoms with van der Waals surface area (Å²) in [5, 5.41) is 3.98. The van der Waals surface area contributed by atoms with E-state index in [-0.39, 0.29) is 4.90 Å². The van der Waals surface area contributed by atoms with E-state index in [4.69, 9.17) is 18.9 Å². The smallest absolute Gasteiger partial charge is 0.264 e. The number of hydrogen-bond donors (Lipinski definition) is 1. The van der Waals surface area contributed by atoms with Crippen LogP contribution in [0.3, 0.4) is 0 Å². The van der Waals surface area contributed by atoms with Gasteiger partial charge in [-0.2, -0.15) is 5.10 Å². The molecule has 3 rings (SSSR count). The van der Waals surface area contributed by atoms with Crippen molar-refractivity contribution in [2.45, 2.75) is 18.7 Å².